The predicted molar refractivity (Wildman–Crippen MR) is 106 cm³/mol. The van der Waals surface area contributed by atoms with Crippen LogP contribution in [-0.2, 0) is 0 Å². The van der Waals surface area contributed by atoms with Crippen molar-refractivity contribution in [3.63, 3.8) is 0 Å². The number of benzene rings is 2. The minimum Gasteiger partial charge on any atom is -0.257 e. The van der Waals surface area contributed by atoms with Crippen LogP contribution in [-0.4, -0.2) is 13.1 Å². The largest absolute Gasteiger partial charge is 0.257 e. The average Bonchev–Trinajstić information content (AvgIpc) is 2.57. The zero-order chi connectivity index (χ0) is 16.3. The third-order valence-electron chi connectivity index (χ3n) is 3.76. The lowest BCUT2D eigenvalue weighted by Crippen LogP contribution is -2.42. The maximum atomic E-state index is 5.09. The van der Waals surface area contributed by atoms with Gasteiger partial charge >= 0.3 is 0 Å². The summed E-state index contributed by atoms with van der Waals surface area (Å²) in [5, 5.41) is 4.00. The molecule has 0 amide bonds. The second-order valence-corrected chi connectivity index (χ2v) is 13.8. The zero-order valence-electron chi connectivity index (χ0n) is 13.9. The molecule has 0 N–H and O–H groups in total. The van der Waals surface area contributed by atoms with Gasteiger partial charge in [0.15, 0.2) is 0 Å². The Bertz CT molecular complexity index is 727. The van der Waals surface area contributed by atoms with Crippen molar-refractivity contribution in [2.24, 2.45) is 0 Å². The third kappa shape index (κ3) is 3.77. The van der Waals surface area contributed by atoms with E-state index < -0.39 is 16.0 Å². The fourth-order valence-corrected chi connectivity index (χ4v) is 5.89. The van der Waals surface area contributed by atoms with Gasteiger partial charge < -0.3 is 0 Å². The molecule has 0 saturated carbocycles. The summed E-state index contributed by atoms with van der Waals surface area (Å²) in [6, 6.07) is 28.1. The second-order valence-electron chi connectivity index (χ2n) is 6.64. The Labute approximate surface area is 141 Å². The van der Waals surface area contributed by atoms with Gasteiger partial charge in [-0.05, 0) is 22.7 Å². The molecular weight excluding hydrogens is 313 g/mol. The molecule has 116 valence electrons. The highest BCUT2D eigenvalue weighted by Gasteiger charge is 2.22. The summed E-state index contributed by atoms with van der Waals surface area (Å²) in [5.74, 6) is 0. The Morgan fingerprint density at radius 2 is 1.17 bits per heavy atom. The molecule has 0 unspecified atom stereocenters. The SMILES string of the molecule is C[Si](C)(C)c1cccc(P(c2ccccc2)c2ccccc2)n1. The quantitative estimate of drug-likeness (QED) is 0.526. The van der Waals surface area contributed by atoms with Crippen molar-refractivity contribution in [3.05, 3.63) is 78.9 Å². The van der Waals surface area contributed by atoms with E-state index in [1.807, 2.05) is 0 Å². The summed E-state index contributed by atoms with van der Waals surface area (Å²) in [4.78, 5) is 5.09. The minimum atomic E-state index is -1.41. The minimum absolute atomic E-state index is 0.598. The first-order chi connectivity index (χ1) is 11.1. The monoisotopic (exact) mass is 335 g/mol. The Hall–Kier alpha value is -1.76. The van der Waals surface area contributed by atoms with Crippen LogP contribution >= 0.6 is 7.92 Å². The molecule has 0 spiro atoms. The van der Waals surface area contributed by atoms with Gasteiger partial charge in [-0.15, -0.1) is 0 Å². The first-order valence-electron chi connectivity index (χ1n) is 7.93. The highest BCUT2D eigenvalue weighted by atomic mass is 31.1. The van der Waals surface area contributed by atoms with E-state index in [0.29, 0.717) is 0 Å². The molecular formula is C20H22NPSi. The average molecular weight is 335 g/mol. The molecule has 0 aliphatic heterocycles. The van der Waals surface area contributed by atoms with Gasteiger partial charge in [-0.3, -0.25) is 4.98 Å². The topological polar surface area (TPSA) is 12.9 Å². The summed E-state index contributed by atoms with van der Waals surface area (Å²) in [6.45, 7) is 7.06. The van der Waals surface area contributed by atoms with Gasteiger partial charge in [0.25, 0.3) is 0 Å². The van der Waals surface area contributed by atoms with E-state index in [-0.39, 0.29) is 0 Å². The third-order valence-corrected chi connectivity index (χ3v) is 7.91. The molecule has 3 heteroatoms. The van der Waals surface area contributed by atoms with Crippen LogP contribution in [0.5, 0.6) is 0 Å². The van der Waals surface area contributed by atoms with Gasteiger partial charge in [0.05, 0.1) is 5.44 Å². The maximum Gasteiger partial charge on any atom is 0.101 e. The highest BCUT2D eigenvalue weighted by Crippen LogP contribution is 2.31. The molecule has 0 saturated heterocycles. The van der Waals surface area contributed by atoms with Crippen LogP contribution in [0.4, 0.5) is 0 Å². The first kappa shape index (κ1) is 16.1. The number of hydrogen-bond acceptors (Lipinski definition) is 1. The standard InChI is InChI=1S/C20H22NPSi/c1-23(2,3)20-16-10-15-19(21-20)22(17-11-6-4-7-12-17)18-13-8-5-9-14-18/h4-16H,1-3H3. The lowest BCUT2D eigenvalue weighted by molar-refractivity contribution is 1.42. The van der Waals surface area contributed by atoms with Crippen molar-refractivity contribution < 1.29 is 0 Å². The van der Waals surface area contributed by atoms with Crippen LogP contribution in [0.3, 0.4) is 0 Å². The van der Waals surface area contributed by atoms with Gasteiger partial charge in [-0.1, -0.05) is 86.4 Å². The molecule has 0 fully saturated rings. The van der Waals surface area contributed by atoms with E-state index in [4.69, 9.17) is 4.98 Å². The van der Waals surface area contributed by atoms with E-state index in [2.05, 4.69) is 98.5 Å². The second kappa shape index (κ2) is 6.78. The van der Waals surface area contributed by atoms with Gasteiger partial charge in [-0.25, -0.2) is 0 Å². The number of hydrogen-bond donors (Lipinski definition) is 0. The molecule has 0 bridgehead atoms. The smallest absolute Gasteiger partial charge is 0.101 e. The molecule has 1 aromatic heterocycles. The Balaban J connectivity index is 2.14. The van der Waals surface area contributed by atoms with Crippen molar-refractivity contribution in [1.82, 2.24) is 4.98 Å². The normalized spacial score (nSPS) is 11.7. The number of aromatic nitrogens is 1. The van der Waals surface area contributed by atoms with Gasteiger partial charge in [-0.2, -0.15) is 0 Å². The van der Waals surface area contributed by atoms with Crippen molar-refractivity contribution in [3.8, 4) is 0 Å². The van der Waals surface area contributed by atoms with Crippen LogP contribution in [0.25, 0.3) is 0 Å². The molecule has 0 aliphatic rings. The Kier molecular flexibility index (Phi) is 4.75. The van der Waals surface area contributed by atoms with E-state index in [1.54, 1.807) is 0 Å². The molecule has 1 nitrogen and oxygen atoms in total. The van der Waals surface area contributed by atoms with Crippen molar-refractivity contribution in [2.75, 3.05) is 0 Å². The van der Waals surface area contributed by atoms with Gasteiger partial charge in [0, 0.05) is 13.2 Å². The maximum absolute atomic E-state index is 5.09. The molecule has 2 aromatic carbocycles. The van der Waals surface area contributed by atoms with Crippen LogP contribution in [0, 0.1) is 0 Å². The Morgan fingerprint density at radius 1 is 0.652 bits per heavy atom. The van der Waals surface area contributed by atoms with E-state index in [9.17, 15) is 0 Å². The van der Waals surface area contributed by atoms with E-state index in [0.717, 1.165) is 0 Å². The summed E-state index contributed by atoms with van der Waals surface area (Å²) in [6.07, 6.45) is 0. The summed E-state index contributed by atoms with van der Waals surface area (Å²) >= 11 is 0. The first-order valence-corrected chi connectivity index (χ1v) is 12.8. The number of rotatable bonds is 4. The van der Waals surface area contributed by atoms with Crippen molar-refractivity contribution in [1.29, 1.82) is 0 Å². The predicted octanol–water partition coefficient (Wildman–Crippen LogP) is 3.39. The summed E-state index contributed by atoms with van der Waals surface area (Å²) in [5.41, 5.74) is 1.21. The molecule has 0 aliphatic carbocycles. The molecule has 0 radical (unpaired) electrons. The Morgan fingerprint density at radius 3 is 1.65 bits per heavy atom. The van der Waals surface area contributed by atoms with Crippen molar-refractivity contribution in [2.45, 2.75) is 19.6 Å². The zero-order valence-corrected chi connectivity index (χ0v) is 15.8. The van der Waals surface area contributed by atoms with Crippen LogP contribution in [0.2, 0.25) is 19.6 Å². The highest BCUT2D eigenvalue weighted by molar-refractivity contribution is 7.79. The lowest BCUT2D eigenvalue weighted by Gasteiger charge is -2.21. The van der Waals surface area contributed by atoms with Crippen molar-refractivity contribution >= 4 is 37.4 Å². The number of pyridine rings is 1. The van der Waals surface area contributed by atoms with E-state index >= 15 is 0 Å². The molecule has 23 heavy (non-hydrogen) atoms. The summed E-state index contributed by atoms with van der Waals surface area (Å²) < 4.78 is 0. The number of nitrogens with zero attached hydrogens (tertiary/aromatic N) is 1. The van der Waals surface area contributed by atoms with Gasteiger partial charge in [0.1, 0.15) is 8.07 Å². The molecule has 0 atom stereocenters. The fourth-order valence-electron chi connectivity index (χ4n) is 2.53. The lowest BCUT2D eigenvalue weighted by atomic mass is 10.4. The molecule has 3 rings (SSSR count). The molecule has 1 heterocycles. The molecule has 3 aromatic rings. The van der Waals surface area contributed by atoms with Gasteiger partial charge in [0.2, 0.25) is 0 Å². The van der Waals surface area contributed by atoms with E-state index in [1.165, 1.54) is 21.4 Å². The summed E-state index contributed by atoms with van der Waals surface area (Å²) in [7, 11) is -2.01. The fraction of sp³-hybridized carbons (Fsp3) is 0.150. The van der Waals surface area contributed by atoms with Crippen LogP contribution in [0.15, 0.2) is 78.9 Å². The van der Waals surface area contributed by atoms with Crippen LogP contribution in [0.1, 0.15) is 0 Å². The van der Waals surface area contributed by atoms with Crippen LogP contribution < -0.4 is 21.4 Å².